The Morgan fingerprint density at radius 3 is 2.61 bits per heavy atom. The molecule has 1 saturated heterocycles. The van der Waals surface area contributed by atoms with Crippen molar-refractivity contribution in [1.82, 2.24) is 24.9 Å². The second kappa shape index (κ2) is 8.71. The topological polar surface area (TPSA) is 165 Å². The van der Waals surface area contributed by atoms with E-state index in [0.29, 0.717) is 58.1 Å². The number of aliphatic hydroxyl groups excluding tert-OH is 1. The molecular weight excluding hydrogens is 472 g/mol. The molecule has 1 fully saturated rings. The van der Waals surface area contributed by atoms with Gasteiger partial charge in [0.05, 0.1) is 29.0 Å². The number of rotatable bonds is 2. The number of imidazole rings is 1. The minimum atomic E-state index is -3.67. The summed E-state index contributed by atoms with van der Waals surface area (Å²) >= 11 is 6.23. The van der Waals surface area contributed by atoms with Crippen molar-refractivity contribution < 1.29 is 18.1 Å². The maximum atomic E-state index is 12.6. The highest BCUT2D eigenvalue weighted by molar-refractivity contribution is 7.85. The van der Waals surface area contributed by atoms with E-state index in [0.717, 1.165) is 5.39 Å². The van der Waals surface area contributed by atoms with Gasteiger partial charge in [0.1, 0.15) is 16.5 Å². The number of hydrogen-bond acceptors (Lipinski definition) is 8. The summed E-state index contributed by atoms with van der Waals surface area (Å²) in [5.74, 6) is 1.03. The van der Waals surface area contributed by atoms with E-state index in [9.17, 15) is 18.3 Å². The van der Waals surface area contributed by atoms with Gasteiger partial charge in [-0.2, -0.15) is 8.42 Å². The fourth-order valence-electron chi connectivity index (χ4n) is 3.81. The lowest BCUT2D eigenvalue weighted by Crippen LogP contribution is -2.28. The molecular formula is C20H21ClN6O5S. The van der Waals surface area contributed by atoms with Crippen molar-refractivity contribution in [3.63, 3.8) is 0 Å². The Balaban J connectivity index is 0.000000471. The minimum absolute atomic E-state index is 0.111. The second-order valence-electron chi connectivity index (χ2n) is 7.85. The fraction of sp³-hybridized carbons (Fsp3) is 0.300. The quantitative estimate of drug-likeness (QED) is 0.242. The van der Waals surface area contributed by atoms with E-state index in [1.54, 1.807) is 30.6 Å². The van der Waals surface area contributed by atoms with E-state index >= 15 is 0 Å². The van der Waals surface area contributed by atoms with E-state index in [4.69, 9.17) is 16.2 Å². The molecule has 1 aliphatic heterocycles. The van der Waals surface area contributed by atoms with Crippen molar-refractivity contribution >= 4 is 49.5 Å². The van der Waals surface area contributed by atoms with Crippen LogP contribution in [0.2, 0.25) is 5.15 Å². The number of halogens is 1. The first kappa shape index (κ1) is 23.1. The average Bonchev–Trinajstić information content (AvgIpc) is 3.27. The first-order valence-electron chi connectivity index (χ1n) is 9.90. The van der Waals surface area contributed by atoms with E-state index in [-0.39, 0.29) is 11.6 Å². The predicted molar refractivity (Wildman–Crippen MR) is 125 cm³/mol. The van der Waals surface area contributed by atoms with Crippen molar-refractivity contribution in [1.29, 1.82) is 0 Å². The molecule has 5 heterocycles. The molecule has 2 atom stereocenters. The largest absolute Gasteiger partial charge is 0.391 e. The Morgan fingerprint density at radius 2 is 1.94 bits per heavy atom. The summed E-state index contributed by atoms with van der Waals surface area (Å²) in [6.45, 7) is 2.49. The zero-order chi connectivity index (χ0) is 23.9. The number of aromatic nitrogens is 5. The fourth-order valence-corrected chi connectivity index (χ4v) is 4.00. The molecule has 0 aromatic carbocycles. The van der Waals surface area contributed by atoms with Gasteiger partial charge >= 0.3 is 0 Å². The number of pyridine rings is 3. The highest BCUT2D eigenvalue weighted by Crippen LogP contribution is 2.32. The summed E-state index contributed by atoms with van der Waals surface area (Å²) in [4.78, 5) is 33.8. The Bertz CT molecular complexity index is 1490. The molecule has 0 radical (unpaired) electrons. The molecule has 0 spiro atoms. The van der Waals surface area contributed by atoms with Crippen LogP contribution in [0.3, 0.4) is 0 Å². The summed E-state index contributed by atoms with van der Waals surface area (Å²) in [5.41, 5.74) is 2.18. The molecule has 0 bridgehead atoms. The van der Waals surface area contributed by atoms with Gasteiger partial charge in [-0.05, 0) is 25.5 Å². The van der Waals surface area contributed by atoms with E-state index in [1.807, 2.05) is 11.8 Å². The van der Waals surface area contributed by atoms with E-state index < -0.39 is 16.2 Å². The Kier molecular flexibility index (Phi) is 6.10. The SMILES string of the molecule is CS(=O)(=O)O.C[C@@H]1C[C@H](O)CN1c1nc(Cl)cc2[nH]c(-c3cc4cnccc4[nH]c3=O)nc12. The van der Waals surface area contributed by atoms with E-state index in [1.165, 1.54) is 0 Å². The number of aromatic amines is 2. The van der Waals surface area contributed by atoms with Crippen molar-refractivity contribution in [3.8, 4) is 11.4 Å². The monoisotopic (exact) mass is 492 g/mol. The lowest BCUT2D eigenvalue weighted by Gasteiger charge is -2.22. The van der Waals surface area contributed by atoms with Gasteiger partial charge in [0.2, 0.25) is 0 Å². The molecule has 0 saturated carbocycles. The third-order valence-electron chi connectivity index (χ3n) is 5.14. The van der Waals surface area contributed by atoms with Crippen LogP contribution in [0.4, 0.5) is 5.82 Å². The number of anilines is 1. The first-order chi connectivity index (χ1) is 15.5. The van der Waals surface area contributed by atoms with Crippen molar-refractivity contribution in [3.05, 3.63) is 46.1 Å². The maximum absolute atomic E-state index is 12.6. The van der Waals surface area contributed by atoms with Crippen molar-refractivity contribution in [2.24, 2.45) is 0 Å². The Labute approximate surface area is 193 Å². The molecule has 0 aliphatic carbocycles. The summed E-state index contributed by atoms with van der Waals surface area (Å²) in [6, 6.07) is 5.31. The molecule has 4 N–H and O–H groups in total. The third-order valence-corrected chi connectivity index (χ3v) is 5.34. The van der Waals surface area contributed by atoms with Crippen LogP contribution in [-0.2, 0) is 10.1 Å². The number of nitrogens with zero attached hydrogens (tertiary/aromatic N) is 4. The molecule has 0 amide bonds. The molecule has 11 nitrogen and oxygen atoms in total. The molecule has 174 valence electrons. The molecule has 0 unspecified atom stereocenters. The van der Waals surface area contributed by atoms with E-state index in [2.05, 4.69) is 24.9 Å². The molecule has 13 heteroatoms. The number of hydrogen-bond donors (Lipinski definition) is 4. The number of β-amino-alcohol motifs (C(OH)–C–C–N with tert-alkyl or cyclic N) is 1. The standard InChI is InChI=1S/C19H17ClN6O2.CH4O3S/c1-9-4-11(27)8-26(9)18-16-14(6-15(20)24-18)22-17(25-16)12-5-10-7-21-3-2-13(10)23-19(12)28;1-5(2,3)4/h2-3,5-7,9,11,27H,4,8H2,1H3,(H,22,25)(H,23,28);1H3,(H,2,3,4)/t9-,11+;/m1./s1. The Hall–Kier alpha value is -3.06. The van der Waals surface area contributed by atoms with Gasteiger partial charge in [-0.1, -0.05) is 11.6 Å². The predicted octanol–water partition coefficient (Wildman–Crippen LogP) is 1.98. The summed E-state index contributed by atoms with van der Waals surface area (Å²) < 4.78 is 25.9. The average molecular weight is 493 g/mol. The number of nitrogens with one attached hydrogen (secondary N) is 2. The van der Waals surface area contributed by atoms with Gasteiger partial charge in [0.15, 0.2) is 5.82 Å². The lowest BCUT2D eigenvalue weighted by molar-refractivity contribution is 0.195. The van der Waals surface area contributed by atoms with Crippen molar-refractivity contribution in [2.75, 3.05) is 17.7 Å². The molecule has 33 heavy (non-hydrogen) atoms. The normalized spacial score (nSPS) is 18.5. The number of fused-ring (bicyclic) bond motifs is 2. The third kappa shape index (κ3) is 5.14. The van der Waals surface area contributed by atoms with Crippen LogP contribution in [0.15, 0.2) is 35.4 Å². The van der Waals surface area contributed by atoms with Gasteiger partial charge in [-0.15, -0.1) is 0 Å². The van der Waals surface area contributed by atoms with Gasteiger partial charge in [0.25, 0.3) is 15.7 Å². The summed E-state index contributed by atoms with van der Waals surface area (Å²) in [7, 11) is -3.67. The molecule has 1 aliphatic rings. The van der Waals surface area contributed by atoms with Gasteiger partial charge in [0, 0.05) is 36.4 Å². The van der Waals surface area contributed by atoms with Crippen LogP contribution >= 0.6 is 11.6 Å². The molecule has 4 aromatic heterocycles. The zero-order valence-electron chi connectivity index (χ0n) is 17.6. The van der Waals surface area contributed by atoms with Gasteiger partial charge in [-0.25, -0.2) is 9.97 Å². The highest BCUT2D eigenvalue weighted by atomic mass is 35.5. The number of H-pyrrole nitrogens is 2. The minimum Gasteiger partial charge on any atom is -0.391 e. The van der Waals surface area contributed by atoms with Crippen molar-refractivity contribution in [2.45, 2.75) is 25.5 Å². The van der Waals surface area contributed by atoms with Crippen LogP contribution in [0.5, 0.6) is 0 Å². The summed E-state index contributed by atoms with van der Waals surface area (Å²) in [5, 5.41) is 11.1. The first-order valence-corrected chi connectivity index (χ1v) is 12.1. The number of aliphatic hydroxyl groups is 1. The Morgan fingerprint density at radius 1 is 1.21 bits per heavy atom. The van der Waals surface area contributed by atoms with Gasteiger partial charge in [-0.3, -0.25) is 14.3 Å². The second-order valence-corrected chi connectivity index (χ2v) is 9.70. The summed E-state index contributed by atoms with van der Waals surface area (Å²) in [6.07, 6.45) is 4.27. The van der Waals surface area contributed by atoms with Crippen LogP contribution < -0.4 is 10.5 Å². The lowest BCUT2D eigenvalue weighted by atomic mass is 10.2. The zero-order valence-corrected chi connectivity index (χ0v) is 19.2. The van der Waals surface area contributed by atoms with Crippen LogP contribution in [0, 0.1) is 0 Å². The van der Waals surface area contributed by atoms with Crippen LogP contribution in [-0.4, -0.2) is 67.9 Å². The van der Waals surface area contributed by atoms with Gasteiger partial charge < -0.3 is 20.0 Å². The van der Waals surface area contributed by atoms with Crippen LogP contribution in [0.1, 0.15) is 13.3 Å². The highest BCUT2D eigenvalue weighted by Gasteiger charge is 2.31. The van der Waals surface area contributed by atoms with Crippen LogP contribution in [0.25, 0.3) is 33.3 Å². The molecule has 4 aromatic rings. The maximum Gasteiger partial charge on any atom is 0.261 e. The molecule has 5 rings (SSSR count). The smallest absolute Gasteiger partial charge is 0.261 e.